The molecule has 0 heterocycles. The summed E-state index contributed by atoms with van der Waals surface area (Å²) in [5.74, 6) is 0.396. The molecule has 2 heteroatoms. The van der Waals surface area contributed by atoms with Crippen LogP contribution in [0.2, 0.25) is 0 Å². The summed E-state index contributed by atoms with van der Waals surface area (Å²) in [6, 6.07) is 0. The molecule has 0 amide bonds. The quantitative estimate of drug-likeness (QED) is 0.625. The number of hydrogen-bond acceptors (Lipinski definition) is 2. The minimum Gasteiger partial charge on any atom is -0.396 e. The van der Waals surface area contributed by atoms with Gasteiger partial charge < -0.3 is 10.2 Å². The number of allylic oxidation sites excluding steroid dienone is 2. The number of hydrogen-bond donors (Lipinski definition) is 2. The fourth-order valence-electron chi connectivity index (χ4n) is 1.76. The van der Waals surface area contributed by atoms with Crippen LogP contribution in [0.3, 0.4) is 0 Å². The van der Waals surface area contributed by atoms with Gasteiger partial charge in [0.05, 0.1) is 13.2 Å². The molecule has 1 atom stereocenters. The summed E-state index contributed by atoms with van der Waals surface area (Å²) in [5.41, 5.74) is -0.203. The van der Waals surface area contributed by atoms with Gasteiger partial charge in [-0.3, -0.25) is 0 Å². The molecule has 2 nitrogen and oxygen atoms in total. The van der Waals surface area contributed by atoms with Crippen molar-refractivity contribution in [1.82, 2.24) is 0 Å². The van der Waals surface area contributed by atoms with Gasteiger partial charge in [-0.05, 0) is 25.2 Å². The second-order valence-corrected chi connectivity index (χ2v) is 3.66. The predicted octanol–water partition coefficient (Wildman–Crippen LogP) is 1.33. The van der Waals surface area contributed by atoms with E-state index in [-0.39, 0.29) is 18.6 Å². The van der Waals surface area contributed by atoms with Crippen molar-refractivity contribution in [2.45, 2.75) is 26.2 Å². The van der Waals surface area contributed by atoms with Crippen LogP contribution in [0, 0.1) is 11.3 Å². The van der Waals surface area contributed by atoms with Gasteiger partial charge in [-0.15, -0.1) is 0 Å². The Kier molecular flexibility index (Phi) is 3.29. The van der Waals surface area contributed by atoms with Crippen molar-refractivity contribution in [2.24, 2.45) is 11.3 Å². The van der Waals surface area contributed by atoms with Gasteiger partial charge in [0, 0.05) is 5.41 Å². The van der Waals surface area contributed by atoms with Crippen molar-refractivity contribution in [3.05, 3.63) is 12.2 Å². The van der Waals surface area contributed by atoms with Crippen molar-refractivity contribution in [3.8, 4) is 0 Å². The van der Waals surface area contributed by atoms with Gasteiger partial charge >= 0.3 is 0 Å². The summed E-state index contributed by atoms with van der Waals surface area (Å²) in [7, 11) is 0. The SMILES string of the molecule is CC/C=C/[C@H]1CCC1(CO)CO. The lowest BCUT2D eigenvalue weighted by molar-refractivity contribution is -0.0471. The lowest BCUT2D eigenvalue weighted by Gasteiger charge is -2.46. The van der Waals surface area contributed by atoms with Crippen LogP contribution < -0.4 is 0 Å². The molecule has 0 bridgehead atoms. The smallest absolute Gasteiger partial charge is 0.0515 e. The van der Waals surface area contributed by atoms with Crippen molar-refractivity contribution < 1.29 is 10.2 Å². The Bertz CT molecular complexity index is 154. The molecule has 12 heavy (non-hydrogen) atoms. The molecular formula is C10H18O2. The van der Waals surface area contributed by atoms with Crippen LogP contribution in [-0.2, 0) is 0 Å². The van der Waals surface area contributed by atoms with Crippen molar-refractivity contribution in [3.63, 3.8) is 0 Å². The average Bonchev–Trinajstić information content (AvgIpc) is 2.06. The minimum absolute atomic E-state index is 0.113. The first-order valence-electron chi connectivity index (χ1n) is 4.67. The normalized spacial score (nSPS) is 27.4. The lowest BCUT2D eigenvalue weighted by Crippen LogP contribution is -2.45. The summed E-state index contributed by atoms with van der Waals surface area (Å²) in [6.45, 7) is 2.32. The molecule has 1 aliphatic rings. The molecule has 1 fully saturated rings. The fraction of sp³-hybridized carbons (Fsp3) is 0.800. The molecule has 0 radical (unpaired) electrons. The minimum atomic E-state index is -0.203. The monoisotopic (exact) mass is 170 g/mol. The van der Waals surface area contributed by atoms with Gasteiger partial charge in [-0.2, -0.15) is 0 Å². The highest BCUT2D eigenvalue weighted by Gasteiger charge is 2.44. The lowest BCUT2D eigenvalue weighted by atomic mass is 9.61. The van der Waals surface area contributed by atoms with Gasteiger partial charge in [-0.25, -0.2) is 0 Å². The van der Waals surface area contributed by atoms with E-state index < -0.39 is 0 Å². The Balaban J connectivity index is 2.50. The average molecular weight is 170 g/mol. The largest absolute Gasteiger partial charge is 0.396 e. The van der Waals surface area contributed by atoms with Gasteiger partial charge in [-0.1, -0.05) is 19.1 Å². The summed E-state index contributed by atoms with van der Waals surface area (Å²) in [5, 5.41) is 18.2. The molecule has 1 aliphatic carbocycles. The van der Waals surface area contributed by atoms with E-state index in [0.29, 0.717) is 5.92 Å². The van der Waals surface area contributed by atoms with Crippen LogP contribution in [0.15, 0.2) is 12.2 Å². The van der Waals surface area contributed by atoms with E-state index in [9.17, 15) is 0 Å². The molecule has 0 spiro atoms. The predicted molar refractivity (Wildman–Crippen MR) is 48.8 cm³/mol. The van der Waals surface area contributed by atoms with Crippen molar-refractivity contribution in [1.29, 1.82) is 0 Å². The van der Waals surface area contributed by atoms with Crippen LogP contribution in [0.4, 0.5) is 0 Å². The summed E-state index contributed by atoms with van der Waals surface area (Å²) >= 11 is 0. The highest BCUT2D eigenvalue weighted by molar-refractivity contribution is 5.05. The first-order valence-corrected chi connectivity index (χ1v) is 4.67. The fourth-order valence-corrected chi connectivity index (χ4v) is 1.76. The maximum absolute atomic E-state index is 9.11. The second kappa shape index (κ2) is 4.06. The van der Waals surface area contributed by atoms with E-state index >= 15 is 0 Å². The Labute approximate surface area is 73.9 Å². The Morgan fingerprint density at radius 2 is 2.08 bits per heavy atom. The molecule has 0 unspecified atom stereocenters. The van der Waals surface area contributed by atoms with Gasteiger partial charge in [0.1, 0.15) is 0 Å². The van der Waals surface area contributed by atoms with Crippen molar-refractivity contribution >= 4 is 0 Å². The van der Waals surface area contributed by atoms with Crippen molar-refractivity contribution in [2.75, 3.05) is 13.2 Å². The number of rotatable bonds is 4. The molecule has 1 saturated carbocycles. The van der Waals surface area contributed by atoms with Crippen LogP contribution in [0.5, 0.6) is 0 Å². The van der Waals surface area contributed by atoms with Crippen LogP contribution >= 0.6 is 0 Å². The Morgan fingerprint density at radius 3 is 2.42 bits per heavy atom. The first-order chi connectivity index (χ1) is 5.79. The number of aliphatic hydroxyl groups is 2. The zero-order valence-corrected chi connectivity index (χ0v) is 7.66. The third kappa shape index (κ3) is 1.54. The van der Waals surface area contributed by atoms with Gasteiger partial charge in [0.25, 0.3) is 0 Å². The summed E-state index contributed by atoms with van der Waals surface area (Å²) < 4.78 is 0. The Morgan fingerprint density at radius 1 is 1.42 bits per heavy atom. The van der Waals surface area contributed by atoms with Gasteiger partial charge in [0.2, 0.25) is 0 Å². The van der Waals surface area contributed by atoms with E-state index in [2.05, 4.69) is 19.1 Å². The zero-order chi connectivity index (χ0) is 9.03. The summed E-state index contributed by atoms with van der Waals surface area (Å²) in [6.07, 6.45) is 7.35. The third-order valence-corrected chi connectivity index (χ3v) is 2.97. The zero-order valence-electron chi connectivity index (χ0n) is 7.66. The Hall–Kier alpha value is -0.340. The topological polar surface area (TPSA) is 40.5 Å². The molecule has 0 aromatic rings. The maximum atomic E-state index is 9.11. The highest BCUT2D eigenvalue weighted by Crippen LogP contribution is 2.46. The maximum Gasteiger partial charge on any atom is 0.0515 e. The van der Waals surface area contributed by atoms with E-state index in [1.165, 1.54) is 0 Å². The van der Waals surface area contributed by atoms with Crippen LogP contribution in [0.1, 0.15) is 26.2 Å². The molecule has 0 aromatic carbocycles. The van der Waals surface area contributed by atoms with E-state index in [4.69, 9.17) is 10.2 Å². The summed E-state index contributed by atoms with van der Waals surface area (Å²) in [4.78, 5) is 0. The molecular weight excluding hydrogens is 152 g/mol. The van der Waals surface area contributed by atoms with E-state index in [0.717, 1.165) is 19.3 Å². The van der Waals surface area contributed by atoms with E-state index in [1.54, 1.807) is 0 Å². The highest BCUT2D eigenvalue weighted by atomic mass is 16.3. The molecule has 70 valence electrons. The molecule has 0 aliphatic heterocycles. The van der Waals surface area contributed by atoms with Crippen LogP contribution in [0.25, 0.3) is 0 Å². The molecule has 0 aromatic heterocycles. The third-order valence-electron chi connectivity index (χ3n) is 2.97. The second-order valence-electron chi connectivity index (χ2n) is 3.66. The van der Waals surface area contributed by atoms with Crippen LogP contribution in [-0.4, -0.2) is 23.4 Å². The molecule has 2 N–H and O–H groups in total. The van der Waals surface area contributed by atoms with Gasteiger partial charge in [0.15, 0.2) is 0 Å². The van der Waals surface area contributed by atoms with E-state index in [1.807, 2.05) is 0 Å². The number of aliphatic hydroxyl groups excluding tert-OH is 2. The molecule has 0 saturated heterocycles. The first kappa shape index (κ1) is 9.75. The molecule has 1 rings (SSSR count). The standard InChI is InChI=1S/C10H18O2/c1-2-3-4-9-5-6-10(9,7-11)8-12/h3-4,9,11-12H,2,5-8H2,1H3/b4-3+/t9-/m0/s1.